The third-order valence-corrected chi connectivity index (χ3v) is 4.35. The molecule has 1 N–H and O–H groups in total. The summed E-state index contributed by atoms with van der Waals surface area (Å²) in [6.45, 7) is 0.693. The number of alkyl halides is 3. The molecule has 1 amide bonds. The number of benzene rings is 1. The number of carbonyl (C=O) groups is 1. The van der Waals surface area contributed by atoms with Crippen LogP contribution >= 0.6 is 0 Å². The zero-order valence-corrected chi connectivity index (χ0v) is 14.7. The van der Waals surface area contributed by atoms with E-state index in [0.717, 1.165) is 24.5 Å². The van der Waals surface area contributed by atoms with Crippen LogP contribution < -0.4 is 10.2 Å². The highest BCUT2D eigenvalue weighted by Gasteiger charge is 2.36. The van der Waals surface area contributed by atoms with E-state index in [1.807, 2.05) is 0 Å². The van der Waals surface area contributed by atoms with Gasteiger partial charge in [0.2, 0.25) is 5.91 Å². The highest BCUT2D eigenvalue weighted by atomic mass is 19.4. The van der Waals surface area contributed by atoms with E-state index >= 15 is 0 Å². The number of rotatable bonds is 5. The molecule has 0 saturated carbocycles. The molecule has 1 aromatic heterocycles. The number of nitrogens with one attached hydrogen (secondary N) is 1. The van der Waals surface area contributed by atoms with Crippen molar-refractivity contribution in [2.75, 3.05) is 36.9 Å². The van der Waals surface area contributed by atoms with Crippen molar-refractivity contribution in [2.24, 2.45) is 0 Å². The van der Waals surface area contributed by atoms with Crippen LogP contribution in [0, 0.1) is 11.6 Å². The first-order valence-electron chi connectivity index (χ1n) is 8.23. The average molecular weight is 401 g/mol. The van der Waals surface area contributed by atoms with E-state index in [9.17, 15) is 26.7 Å². The van der Waals surface area contributed by atoms with Gasteiger partial charge in [-0.2, -0.15) is 13.2 Å². The number of halogens is 5. The van der Waals surface area contributed by atoms with E-state index < -0.39 is 29.4 Å². The summed E-state index contributed by atoms with van der Waals surface area (Å²) in [5, 5.41) is 2.36. The van der Waals surface area contributed by atoms with E-state index in [2.05, 4.69) is 15.3 Å². The number of nitrogens with zero attached hydrogens (tertiary/aromatic N) is 4. The Morgan fingerprint density at radius 3 is 2.61 bits per heavy atom. The summed E-state index contributed by atoms with van der Waals surface area (Å²) in [6.07, 6.45) is -3.69. The number of likely N-dealkylation sites (N-methyl/N-ethyl adjacent to an activating group) is 1. The number of anilines is 2. The summed E-state index contributed by atoms with van der Waals surface area (Å²) in [6, 6.07) is 3.61. The summed E-state index contributed by atoms with van der Waals surface area (Å²) in [5.41, 5.74) is -1.15. The van der Waals surface area contributed by atoms with Gasteiger partial charge in [0.15, 0.2) is 0 Å². The first-order valence-corrected chi connectivity index (χ1v) is 8.23. The molecule has 0 spiro atoms. The van der Waals surface area contributed by atoms with E-state index in [-0.39, 0.29) is 24.1 Å². The maximum absolute atomic E-state index is 13.6. The Morgan fingerprint density at radius 1 is 1.25 bits per heavy atom. The molecule has 28 heavy (non-hydrogen) atoms. The molecular weight excluding hydrogens is 385 g/mol. The number of amides is 1. The maximum atomic E-state index is 13.6. The predicted octanol–water partition coefficient (Wildman–Crippen LogP) is 2.53. The molecule has 6 nitrogen and oxygen atoms in total. The van der Waals surface area contributed by atoms with E-state index in [4.69, 9.17) is 0 Å². The van der Waals surface area contributed by atoms with Gasteiger partial charge >= 0.3 is 6.18 Å². The van der Waals surface area contributed by atoms with Crippen molar-refractivity contribution in [2.45, 2.75) is 12.2 Å². The van der Waals surface area contributed by atoms with Gasteiger partial charge in [-0.1, -0.05) is 0 Å². The molecule has 0 aliphatic carbocycles. The highest BCUT2D eigenvalue weighted by Crippen LogP contribution is 2.30. The maximum Gasteiger partial charge on any atom is 0.433 e. The minimum Gasteiger partial charge on any atom is -0.353 e. The molecule has 1 saturated heterocycles. The Morgan fingerprint density at radius 2 is 1.96 bits per heavy atom. The molecule has 2 aromatic rings. The van der Waals surface area contributed by atoms with Crippen LogP contribution in [0.4, 0.5) is 33.5 Å². The van der Waals surface area contributed by atoms with Crippen LogP contribution in [0.3, 0.4) is 0 Å². The van der Waals surface area contributed by atoms with Crippen molar-refractivity contribution >= 4 is 17.4 Å². The largest absolute Gasteiger partial charge is 0.433 e. The summed E-state index contributed by atoms with van der Waals surface area (Å²) < 4.78 is 64.6. The lowest BCUT2D eigenvalue weighted by Crippen LogP contribution is -2.59. The Bertz CT molecular complexity index is 869. The van der Waals surface area contributed by atoms with E-state index in [0.29, 0.717) is 19.2 Å². The van der Waals surface area contributed by atoms with Gasteiger partial charge in [-0.3, -0.25) is 9.69 Å². The Hall–Kier alpha value is -2.82. The topological polar surface area (TPSA) is 61.4 Å². The average Bonchev–Trinajstić information content (AvgIpc) is 2.55. The van der Waals surface area contributed by atoms with Crippen LogP contribution in [0.5, 0.6) is 0 Å². The smallest absolute Gasteiger partial charge is 0.353 e. The van der Waals surface area contributed by atoms with Crippen LogP contribution in [-0.4, -0.2) is 53.5 Å². The van der Waals surface area contributed by atoms with Gasteiger partial charge in [0.1, 0.15) is 29.5 Å². The SMILES string of the molecule is CN(CC(=O)Nc1ccc(F)cc1F)C1CN(c2cc(C(F)(F)F)ncn2)C1. The summed E-state index contributed by atoms with van der Waals surface area (Å²) in [7, 11) is 1.67. The van der Waals surface area contributed by atoms with Crippen molar-refractivity contribution < 1.29 is 26.7 Å². The van der Waals surface area contributed by atoms with Crippen molar-refractivity contribution in [3.8, 4) is 0 Å². The number of hydrogen-bond donors (Lipinski definition) is 1. The molecule has 150 valence electrons. The Kier molecular flexibility index (Phi) is 5.45. The number of aromatic nitrogens is 2. The summed E-state index contributed by atoms with van der Waals surface area (Å²) in [5.74, 6) is -1.96. The Balaban J connectivity index is 1.52. The second kappa shape index (κ2) is 7.66. The molecule has 11 heteroatoms. The third-order valence-electron chi connectivity index (χ3n) is 4.35. The monoisotopic (exact) mass is 401 g/mol. The zero-order valence-electron chi connectivity index (χ0n) is 14.7. The highest BCUT2D eigenvalue weighted by molar-refractivity contribution is 5.92. The molecule has 3 rings (SSSR count). The van der Waals surface area contributed by atoms with Gasteiger partial charge in [0.25, 0.3) is 0 Å². The predicted molar refractivity (Wildman–Crippen MR) is 90.7 cm³/mol. The molecule has 0 bridgehead atoms. The van der Waals surface area contributed by atoms with Crippen molar-refractivity contribution in [3.63, 3.8) is 0 Å². The van der Waals surface area contributed by atoms with Crippen LogP contribution in [0.1, 0.15) is 5.69 Å². The summed E-state index contributed by atoms with van der Waals surface area (Å²) >= 11 is 0. The molecule has 0 unspecified atom stereocenters. The molecule has 2 heterocycles. The van der Waals surface area contributed by atoms with Crippen molar-refractivity contribution in [1.82, 2.24) is 14.9 Å². The number of carbonyl (C=O) groups excluding carboxylic acids is 1. The van der Waals surface area contributed by atoms with Gasteiger partial charge in [-0.25, -0.2) is 18.7 Å². The second-order valence-electron chi connectivity index (χ2n) is 6.41. The van der Waals surface area contributed by atoms with Gasteiger partial charge in [-0.15, -0.1) is 0 Å². The van der Waals surface area contributed by atoms with Crippen LogP contribution in [0.15, 0.2) is 30.6 Å². The Labute approximate surface area is 157 Å². The first kappa shape index (κ1) is 19.9. The van der Waals surface area contributed by atoms with Crippen LogP contribution in [0.25, 0.3) is 0 Å². The van der Waals surface area contributed by atoms with Crippen LogP contribution in [0.2, 0.25) is 0 Å². The van der Waals surface area contributed by atoms with Crippen molar-refractivity contribution in [3.05, 3.63) is 47.9 Å². The fraction of sp³-hybridized carbons (Fsp3) is 0.353. The quantitative estimate of drug-likeness (QED) is 0.781. The lowest BCUT2D eigenvalue weighted by molar-refractivity contribution is -0.141. The zero-order chi connectivity index (χ0) is 20.5. The molecule has 1 aliphatic heterocycles. The molecule has 0 atom stereocenters. The molecule has 1 aromatic carbocycles. The minimum absolute atomic E-state index is 0.0626. The van der Waals surface area contributed by atoms with Crippen molar-refractivity contribution in [1.29, 1.82) is 0 Å². The fourth-order valence-electron chi connectivity index (χ4n) is 2.73. The molecular formula is C17H16F5N5O. The van der Waals surface area contributed by atoms with E-state index in [1.54, 1.807) is 16.8 Å². The minimum atomic E-state index is -4.55. The molecule has 1 fully saturated rings. The van der Waals surface area contributed by atoms with Gasteiger partial charge < -0.3 is 10.2 Å². The fourth-order valence-corrected chi connectivity index (χ4v) is 2.73. The normalized spacial score (nSPS) is 14.9. The van der Waals surface area contributed by atoms with Gasteiger partial charge in [-0.05, 0) is 19.2 Å². The summed E-state index contributed by atoms with van der Waals surface area (Å²) in [4.78, 5) is 22.4. The van der Waals surface area contributed by atoms with Crippen LogP contribution in [-0.2, 0) is 11.0 Å². The standard InChI is InChI=1S/C17H16F5N5O/c1-26(8-16(28)25-13-3-2-10(18)4-12(13)19)11-6-27(7-11)15-5-14(17(20,21)22)23-9-24-15/h2-5,9,11H,6-8H2,1H3,(H,25,28). The molecule has 0 radical (unpaired) electrons. The lowest BCUT2D eigenvalue weighted by atomic mass is 10.1. The second-order valence-corrected chi connectivity index (χ2v) is 6.41. The number of hydrogen-bond acceptors (Lipinski definition) is 5. The molecule has 1 aliphatic rings. The first-order chi connectivity index (χ1) is 13.1. The van der Waals surface area contributed by atoms with Gasteiger partial charge in [0, 0.05) is 31.3 Å². The lowest BCUT2D eigenvalue weighted by Gasteiger charge is -2.44. The van der Waals surface area contributed by atoms with Gasteiger partial charge in [0.05, 0.1) is 12.2 Å². The third kappa shape index (κ3) is 4.53. The van der Waals surface area contributed by atoms with E-state index in [1.165, 1.54) is 0 Å².